The van der Waals surface area contributed by atoms with Gasteiger partial charge in [0.25, 0.3) is 17.7 Å². The first kappa shape index (κ1) is 36.2. The summed E-state index contributed by atoms with van der Waals surface area (Å²) in [6.45, 7) is 3.66. The van der Waals surface area contributed by atoms with Crippen LogP contribution in [0.1, 0.15) is 44.2 Å². The van der Waals surface area contributed by atoms with Crippen LogP contribution in [0.2, 0.25) is 0 Å². The predicted octanol–water partition coefficient (Wildman–Crippen LogP) is 7.03. The summed E-state index contributed by atoms with van der Waals surface area (Å²) in [6.07, 6.45) is -13.5. The molecular weight excluding hydrogens is 678 g/mol. The first-order valence-corrected chi connectivity index (χ1v) is 13.5. The van der Waals surface area contributed by atoms with Crippen molar-refractivity contribution in [1.82, 2.24) is 15.5 Å². The first-order valence-electron chi connectivity index (χ1n) is 13.5. The van der Waals surface area contributed by atoms with E-state index in [4.69, 9.17) is 9.15 Å². The highest BCUT2D eigenvalue weighted by Crippen LogP contribution is 2.47. The number of amides is 2. The Hall–Kier alpha value is -4.62. The molecule has 1 aliphatic rings. The van der Waals surface area contributed by atoms with E-state index in [1.165, 1.54) is 20.8 Å². The maximum atomic E-state index is 15.7. The molecule has 0 saturated carbocycles. The lowest BCUT2D eigenvalue weighted by molar-refractivity contribution is -0.341. The van der Waals surface area contributed by atoms with E-state index in [9.17, 15) is 40.3 Å². The number of benzene rings is 2. The van der Waals surface area contributed by atoms with Crippen LogP contribution in [0.4, 0.5) is 54.4 Å². The maximum Gasteiger partial charge on any atom is 0.573 e. The number of methoxy groups -OCH3 is 1. The minimum atomic E-state index is -5.75. The number of nitrogens with zero attached hydrogens (tertiary/aromatic N) is 3. The second-order valence-electron chi connectivity index (χ2n) is 11.3. The van der Waals surface area contributed by atoms with Crippen LogP contribution in [-0.4, -0.2) is 53.5 Å². The summed E-state index contributed by atoms with van der Waals surface area (Å²) >= 11 is 0. The third kappa shape index (κ3) is 7.74. The quantitative estimate of drug-likeness (QED) is 0.261. The molecule has 0 spiro atoms. The topological polar surface area (TPSA) is 116 Å². The fourth-order valence-electron chi connectivity index (χ4n) is 4.49. The zero-order valence-corrected chi connectivity index (χ0v) is 25.0. The van der Waals surface area contributed by atoms with Gasteiger partial charge in [-0.3, -0.25) is 4.79 Å². The molecule has 0 fully saturated rings. The Morgan fingerprint density at radius 2 is 1.67 bits per heavy atom. The Morgan fingerprint density at radius 1 is 1.04 bits per heavy atom. The lowest BCUT2D eigenvalue weighted by Gasteiger charge is -2.27. The molecule has 1 N–H and O–H groups in total. The molecule has 0 bridgehead atoms. The van der Waals surface area contributed by atoms with E-state index in [1.54, 1.807) is 0 Å². The molecule has 0 aliphatic carbocycles. The molecule has 2 amide bonds. The molecule has 0 saturated heterocycles. The van der Waals surface area contributed by atoms with Crippen LogP contribution in [0.15, 0.2) is 40.8 Å². The van der Waals surface area contributed by atoms with Crippen LogP contribution in [0.25, 0.3) is 11.5 Å². The number of fused-ring (bicyclic) bond motifs is 1. The third-order valence-corrected chi connectivity index (χ3v) is 6.56. The van der Waals surface area contributed by atoms with E-state index in [-0.39, 0.29) is 11.6 Å². The normalized spacial score (nSPS) is 18.1. The fraction of sp³-hybridized carbons (Fsp3) is 0.429. The number of carbonyl (C=O) groups is 2. The molecule has 2 heterocycles. The van der Waals surface area contributed by atoms with Crippen LogP contribution in [0.3, 0.4) is 0 Å². The Labute approximate surface area is 263 Å². The van der Waals surface area contributed by atoms with Crippen molar-refractivity contribution in [2.24, 2.45) is 0 Å². The van der Waals surface area contributed by atoms with E-state index >= 15 is 13.2 Å². The molecule has 4 rings (SSSR count). The summed E-state index contributed by atoms with van der Waals surface area (Å²) in [4.78, 5) is 26.9. The van der Waals surface area contributed by atoms with Gasteiger partial charge in [-0.05, 0) is 50.6 Å². The van der Waals surface area contributed by atoms with Crippen molar-refractivity contribution >= 4 is 17.7 Å². The van der Waals surface area contributed by atoms with Gasteiger partial charge in [-0.15, -0.1) is 23.4 Å². The highest BCUT2D eigenvalue weighted by atomic mass is 19.4. The van der Waals surface area contributed by atoms with Gasteiger partial charge >= 0.3 is 24.5 Å². The zero-order valence-electron chi connectivity index (χ0n) is 25.0. The predicted molar refractivity (Wildman–Crippen MR) is 142 cm³/mol. The number of ether oxygens (including phenoxy) is 3. The molecule has 2 atom stereocenters. The van der Waals surface area contributed by atoms with Gasteiger partial charge in [0.05, 0.1) is 17.8 Å². The summed E-state index contributed by atoms with van der Waals surface area (Å²) in [5, 5.41) is 8.15. The molecule has 48 heavy (non-hydrogen) atoms. The van der Waals surface area contributed by atoms with Gasteiger partial charge < -0.3 is 28.8 Å². The molecule has 2 aromatic carbocycles. The smallest absolute Gasteiger partial charge is 0.444 e. The van der Waals surface area contributed by atoms with Gasteiger partial charge in [0.2, 0.25) is 5.91 Å². The molecule has 1 aliphatic heterocycles. The van der Waals surface area contributed by atoms with Crippen LogP contribution in [-0.2, 0) is 32.6 Å². The monoisotopic (exact) mass is 702 g/mol. The summed E-state index contributed by atoms with van der Waals surface area (Å²) in [7, 11) is 0.329. The number of alkyl halides is 9. The number of carbonyl (C=O) groups excluding carboxylic acids is 2. The number of nitrogens with one attached hydrogen (secondary N) is 1. The zero-order chi connectivity index (χ0) is 36.0. The first-order chi connectivity index (χ1) is 21.9. The minimum Gasteiger partial charge on any atom is -0.444 e. The van der Waals surface area contributed by atoms with Crippen molar-refractivity contribution in [1.29, 1.82) is 0 Å². The minimum absolute atomic E-state index is 0.0171. The average molecular weight is 703 g/mol. The Balaban J connectivity index is 1.84. The van der Waals surface area contributed by atoms with Gasteiger partial charge in [0.15, 0.2) is 0 Å². The Morgan fingerprint density at radius 3 is 2.21 bits per heavy atom. The fourth-order valence-corrected chi connectivity index (χ4v) is 4.49. The molecule has 10 nitrogen and oxygen atoms in total. The highest BCUT2D eigenvalue weighted by Gasteiger charge is 2.63. The average Bonchev–Trinajstić information content (AvgIpc) is 3.41. The van der Waals surface area contributed by atoms with Crippen molar-refractivity contribution in [3.05, 3.63) is 59.2 Å². The van der Waals surface area contributed by atoms with E-state index in [0.29, 0.717) is 18.1 Å². The molecule has 3 aromatic rings. The SMILES string of the molecule is COC(F)(c1nnc(-c2cc3c(cc2F)C(F)(F)C[C@H](NC(=O)OC(C)(C)C)C(=O)N3Cc2ccc(OC(F)(F)F)cc2)o1)C(F)(F)F. The van der Waals surface area contributed by atoms with Gasteiger partial charge in [-0.2, -0.15) is 17.6 Å². The lowest BCUT2D eigenvalue weighted by Crippen LogP contribution is -2.49. The van der Waals surface area contributed by atoms with Crippen LogP contribution >= 0.6 is 0 Å². The summed E-state index contributed by atoms with van der Waals surface area (Å²) < 4.78 is 157. The van der Waals surface area contributed by atoms with Crippen LogP contribution in [0, 0.1) is 5.82 Å². The van der Waals surface area contributed by atoms with Gasteiger partial charge in [-0.1, -0.05) is 12.1 Å². The van der Waals surface area contributed by atoms with E-state index in [1.807, 2.05) is 5.32 Å². The van der Waals surface area contributed by atoms with Crippen molar-refractivity contribution < 1.29 is 72.1 Å². The number of alkyl carbamates (subject to hydrolysis) is 1. The van der Waals surface area contributed by atoms with Crippen LogP contribution in [0.5, 0.6) is 5.75 Å². The maximum absolute atomic E-state index is 15.7. The van der Waals surface area contributed by atoms with E-state index < -0.39 is 101 Å². The molecular formula is C28H24F10N4O6. The third-order valence-electron chi connectivity index (χ3n) is 6.56. The van der Waals surface area contributed by atoms with Crippen molar-refractivity contribution in [2.75, 3.05) is 12.0 Å². The highest BCUT2D eigenvalue weighted by molar-refractivity contribution is 6.00. The van der Waals surface area contributed by atoms with Crippen molar-refractivity contribution in [3.8, 4) is 17.2 Å². The van der Waals surface area contributed by atoms with E-state index in [0.717, 1.165) is 24.3 Å². The number of rotatable bonds is 7. The molecule has 1 unspecified atom stereocenters. The summed E-state index contributed by atoms with van der Waals surface area (Å²) in [5.41, 5.74) is -3.98. The molecule has 262 valence electrons. The van der Waals surface area contributed by atoms with E-state index in [2.05, 4.69) is 19.7 Å². The standard InChI is InChI=1S/C28H24F10N4O6/c1-24(2,3)48-23(44)39-18-11-25(30,31)16-10-17(29)15(20-40-41-22(46-20)26(32,45-4)27(33,34)35)9-19(16)42(21(18)43)12-13-5-7-14(8-6-13)47-28(36,37)38/h5-10,18H,11-12H2,1-4H3,(H,39,44)/t18-,26?/m0/s1. The number of aromatic nitrogens is 2. The summed E-state index contributed by atoms with van der Waals surface area (Å²) in [5.74, 6) is -15.1. The number of hydrogen-bond acceptors (Lipinski definition) is 8. The number of anilines is 1. The number of hydrogen-bond donors (Lipinski definition) is 1. The molecule has 1 aromatic heterocycles. The Bertz CT molecular complexity index is 1670. The second kappa shape index (κ2) is 12.4. The van der Waals surface area contributed by atoms with Crippen molar-refractivity contribution in [2.45, 2.75) is 69.7 Å². The van der Waals surface area contributed by atoms with Crippen molar-refractivity contribution in [3.63, 3.8) is 0 Å². The van der Waals surface area contributed by atoms with Gasteiger partial charge in [0.1, 0.15) is 23.2 Å². The Kier molecular flexibility index (Phi) is 9.39. The lowest BCUT2D eigenvalue weighted by atomic mass is 9.99. The summed E-state index contributed by atoms with van der Waals surface area (Å²) in [6, 6.07) is 2.55. The molecule has 0 radical (unpaired) electrons. The largest absolute Gasteiger partial charge is 0.573 e. The van der Waals surface area contributed by atoms with Crippen LogP contribution < -0.4 is 15.0 Å². The second-order valence-corrected chi connectivity index (χ2v) is 11.3. The number of halogens is 10. The van der Waals surface area contributed by atoms with Gasteiger partial charge in [0, 0.05) is 19.1 Å². The molecule has 20 heteroatoms. The van der Waals surface area contributed by atoms with Gasteiger partial charge in [-0.25, -0.2) is 18.0 Å².